The van der Waals surface area contributed by atoms with Crippen LogP contribution in [0.2, 0.25) is 0 Å². The Kier molecular flexibility index (Phi) is 3.11. The molecule has 0 aromatic rings. The van der Waals surface area contributed by atoms with Gasteiger partial charge in [0.05, 0.1) is 6.54 Å². The molecular formula is C10H20N4O. The summed E-state index contributed by atoms with van der Waals surface area (Å²) in [6.45, 7) is 2.69. The molecule has 2 fully saturated rings. The maximum atomic E-state index is 8.55. The standard InChI is InChI=1S/C10H20N4O/c1-13-8-2-3-9(13)6-14(5-4-8)7-10(11)12-15/h8-9,15H,2-7H2,1H3,(H2,11,12). The first-order valence-corrected chi connectivity index (χ1v) is 5.61. The molecule has 3 N–H and O–H groups in total. The van der Waals surface area contributed by atoms with Crippen LogP contribution < -0.4 is 5.73 Å². The number of hydrogen-bond donors (Lipinski definition) is 2. The highest BCUT2D eigenvalue weighted by atomic mass is 16.4. The summed E-state index contributed by atoms with van der Waals surface area (Å²) < 4.78 is 0. The lowest BCUT2D eigenvalue weighted by molar-refractivity contribution is 0.229. The Labute approximate surface area is 90.5 Å². The molecule has 0 aliphatic carbocycles. The molecule has 0 amide bonds. The third-order valence-corrected chi connectivity index (χ3v) is 3.75. The van der Waals surface area contributed by atoms with Crippen LogP contribution >= 0.6 is 0 Å². The molecule has 0 radical (unpaired) electrons. The van der Waals surface area contributed by atoms with Gasteiger partial charge in [0.2, 0.25) is 0 Å². The van der Waals surface area contributed by atoms with Gasteiger partial charge in [0.1, 0.15) is 0 Å². The number of fused-ring (bicyclic) bond motifs is 2. The molecule has 2 saturated heterocycles. The second-order valence-electron chi connectivity index (χ2n) is 4.67. The van der Waals surface area contributed by atoms with Crippen LogP contribution in [0.4, 0.5) is 0 Å². The van der Waals surface area contributed by atoms with Gasteiger partial charge in [0, 0.05) is 25.2 Å². The minimum absolute atomic E-state index is 0.315. The van der Waals surface area contributed by atoms with Crippen LogP contribution in [0.25, 0.3) is 0 Å². The van der Waals surface area contributed by atoms with Crippen molar-refractivity contribution < 1.29 is 5.21 Å². The highest BCUT2D eigenvalue weighted by Crippen LogP contribution is 2.28. The summed E-state index contributed by atoms with van der Waals surface area (Å²) in [7, 11) is 2.22. The van der Waals surface area contributed by atoms with E-state index in [0.717, 1.165) is 19.1 Å². The Bertz CT molecular complexity index is 256. The summed E-state index contributed by atoms with van der Waals surface area (Å²) in [4.78, 5) is 4.78. The molecule has 5 nitrogen and oxygen atoms in total. The monoisotopic (exact) mass is 212 g/mol. The van der Waals surface area contributed by atoms with Gasteiger partial charge in [0.15, 0.2) is 5.84 Å². The Balaban J connectivity index is 1.95. The van der Waals surface area contributed by atoms with Crippen LogP contribution in [-0.2, 0) is 0 Å². The SMILES string of the molecule is CN1C2CCC1CN(CC(N)=NO)CC2. The minimum Gasteiger partial charge on any atom is -0.409 e. The van der Waals surface area contributed by atoms with E-state index in [1.165, 1.54) is 19.3 Å². The number of nitrogens with zero attached hydrogens (tertiary/aromatic N) is 3. The van der Waals surface area contributed by atoms with Crippen molar-refractivity contribution in [2.45, 2.75) is 31.3 Å². The highest BCUT2D eigenvalue weighted by molar-refractivity contribution is 5.81. The van der Waals surface area contributed by atoms with Crippen molar-refractivity contribution in [2.75, 3.05) is 26.7 Å². The van der Waals surface area contributed by atoms with Crippen molar-refractivity contribution in [1.29, 1.82) is 0 Å². The average molecular weight is 212 g/mol. The van der Waals surface area contributed by atoms with Crippen molar-refractivity contribution in [1.82, 2.24) is 9.80 Å². The highest BCUT2D eigenvalue weighted by Gasteiger charge is 2.34. The van der Waals surface area contributed by atoms with E-state index in [2.05, 4.69) is 22.0 Å². The lowest BCUT2D eigenvalue weighted by Gasteiger charge is -2.24. The minimum atomic E-state index is 0.315. The topological polar surface area (TPSA) is 65.1 Å². The summed E-state index contributed by atoms with van der Waals surface area (Å²) in [5, 5.41) is 11.6. The number of nitrogens with two attached hydrogens (primary N) is 1. The van der Waals surface area contributed by atoms with Gasteiger partial charge >= 0.3 is 0 Å². The third kappa shape index (κ3) is 2.23. The average Bonchev–Trinajstić information content (AvgIpc) is 2.46. The number of oxime groups is 1. The van der Waals surface area contributed by atoms with Crippen LogP contribution in [0.5, 0.6) is 0 Å². The van der Waals surface area contributed by atoms with Gasteiger partial charge < -0.3 is 10.9 Å². The molecule has 0 aromatic carbocycles. The van der Waals surface area contributed by atoms with E-state index < -0.39 is 0 Å². The number of amidine groups is 1. The van der Waals surface area contributed by atoms with E-state index in [4.69, 9.17) is 10.9 Å². The van der Waals surface area contributed by atoms with Crippen LogP contribution in [0.3, 0.4) is 0 Å². The van der Waals surface area contributed by atoms with Crippen LogP contribution in [0.15, 0.2) is 5.16 Å². The van der Waals surface area contributed by atoms with E-state index in [-0.39, 0.29) is 0 Å². The summed E-state index contributed by atoms with van der Waals surface area (Å²) >= 11 is 0. The second-order valence-corrected chi connectivity index (χ2v) is 4.67. The molecule has 0 saturated carbocycles. The molecule has 0 spiro atoms. The van der Waals surface area contributed by atoms with Crippen molar-refractivity contribution in [3.63, 3.8) is 0 Å². The van der Waals surface area contributed by atoms with E-state index in [1.807, 2.05) is 0 Å². The maximum absolute atomic E-state index is 8.55. The fraction of sp³-hybridized carbons (Fsp3) is 0.900. The first-order chi connectivity index (χ1) is 7.20. The van der Waals surface area contributed by atoms with E-state index in [1.54, 1.807) is 0 Å². The molecular weight excluding hydrogens is 192 g/mol. The molecule has 5 heteroatoms. The predicted molar refractivity (Wildman–Crippen MR) is 59.0 cm³/mol. The number of rotatable bonds is 2. The van der Waals surface area contributed by atoms with Gasteiger partial charge in [-0.1, -0.05) is 5.16 Å². The van der Waals surface area contributed by atoms with Gasteiger partial charge in [-0.25, -0.2) is 0 Å². The lowest BCUT2D eigenvalue weighted by atomic mass is 10.1. The lowest BCUT2D eigenvalue weighted by Crippen LogP contribution is -2.40. The summed E-state index contributed by atoms with van der Waals surface area (Å²) in [6, 6.07) is 1.40. The summed E-state index contributed by atoms with van der Waals surface area (Å²) in [5.74, 6) is 0.315. The molecule has 0 aromatic heterocycles. The van der Waals surface area contributed by atoms with Crippen LogP contribution in [-0.4, -0.2) is 59.6 Å². The van der Waals surface area contributed by atoms with E-state index >= 15 is 0 Å². The van der Waals surface area contributed by atoms with Crippen molar-refractivity contribution in [3.8, 4) is 0 Å². The van der Waals surface area contributed by atoms with E-state index in [0.29, 0.717) is 18.4 Å². The number of likely N-dealkylation sites (tertiary alicyclic amines) is 1. The second kappa shape index (κ2) is 4.37. The van der Waals surface area contributed by atoms with Gasteiger partial charge in [-0.2, -0.15) is 0 Å². The zero-order chi connectivity index (χ0) is 10.8. The quantitative estimate of drug-likeness (QED) is 0.290. The van der Waals surface area contributed by atoms with E-state index in [9.17, 15) is 0 Å². The summed E-state index contributed by atoms with van der Waals surface area (Å²) in [5.41, 5.74) is 5.53. The Hall–Kier alpha value is -0.810. The first kappa shape index (κ1) is 10.7. The van der Waals surface area contributed by atoms with Gasteiger partial charge in [-0.3, -0.25) is 9.80 Å². The third-order valence-electron chi connectivity index (χ3n) is 3.75. The number of hydrogen-bond acceptors (Lipinski definition) is 4. The van der Waals surface area contributed by atoms with Crippen molar-refractivity contribution in [3.05, 3.63) is 0 Å². The van der Waals surface area contributed by atoms with Gasteiger partial charge in [-0.15, -0.1) is 0 Å². The van der Waals surface area contributed by atoms with Crippen LogP contribution in [0, 0.1) is 0 Å². The fourth-order valence-corrected chi connectivity index (χ4v) is 2.78. The molecule has 86 valence electrons. The van der Waals surface area contributed by atoms with Crippen molar-refractivity contribution >= 4 is 5.84 Å². The smallest absolute Gasteiger partial charge is 0.153 e. The zero-order valence-corrected chi connectivity index (χ0v) is 9.26. The zero-order valence-electron chi connectivity index (χ0n) is 9.26. The maximum Gasteiger partial charge on any atom is 0.153 e. The van der Waals surface area contributed by atoms with Crippen LogP contribution in [0.1, 0.15) is 19.3 Å². The predicted octanol–water partition coefficient (Wildman–Crippen LogP) is -0.0987. The largest absolute Gasteiger partial charge is 0.409 e. The normalized spacial score (nSPS) is 34.3. The molecule has 2 unspecified atom stereocenters. The molecule has 2 aliphatic heterocycles. The molecule has 2 aliphatic rings. The Morgan fingerprint density at radius 1 is 1.40 bits per heavy atom. The number of likely N-dealkylation sites (N-methyl/N-ethyl adjacent to an activating group) is 1. The molecule has 15 heavy (non-hydrogen) atoms. The van der Waals surface area contributed by atoms with Gasteiger partial charge in [0.25, 0.3) is 0 Å². The first-order valence-electron chi connectivity index (χ1n) is 5.61. The van der Waals surface area contributed by atoms with Crippen molar-refractivity contribution in [2.24, 2.45) is 10.9 Å². The van der Waals surface area contributed by atoms with Gasteiger partial charge in [-0.05, 0) is 26.3 Å². The molecule has 2 bridgehead atoms. The Morgan fingerprint density at radius 2 is 2.13 bits per heavy atom. The fourth-order valence-electron chi connectivity index (χ4n) is 2.78. The molecule has 2 atom stereocenters. The summed E-state index contributed by atoms with van der Waals surface area (Å²) in [6.07, 6.45) is 3.82. The molecule has 2 rings (SSSR count). The molecule has 2 heterocycles. The Morgan fingerprint density at radius 3 is 2.87 bits per heavy atom.